The number of Topliss-reactive ketones (excluding diaryl/α,β-unsaturated/α-hetero) is 2. The van der Waals surface area contributed by atoms with Crippen LogP contribution in [0.3, 0.4) is 0 Å². The summed E-state index contributed by atoms with van der Waals surface area (Å²) in [6.07, 6.45) is 1.13. The van der Waals surface area contributed by atoms with Gasteiger partial charge in [0.25, 0.3) is 0 Å². The molecule has 0 radical (unpaired) electrons. The second-order valence-electron chi connectivity index (χ2n) is 8.58. The van der Waals surface area contributed by atoms with Gasteiger partial charge in [0.15, 0.2) is 46.0 Å². The molecule has 10 heteroatoms. The fourth-order valence-corrected chi connectivity index (χ4v) is 3.72. The summed E-state index contributed by atoms with van der Waals surface area (Å²) in [5.41, 5.74) is 1.38. The Morgan fingerprint density at radius 2 is 0.897 bits per heavy atom. The van der Waals surface area contributed by atoms with Crippen LogP contribution in [0.1, 0.15) is 31.8 Å². The minimum Gasteiger partial charge on any atom is -0.504 e. The van der Waals surface area contributed by atoms with E-state index in [1.54, 1.807) is 18.2 Å². The molecule has 4 rings (SSSR count). The van der Waals surface area contributed by atoms with Gasteiger partial charge in [-0.15, -0.1) is 0 Å². The summed E-state index contributed by atoms with van der Waals surface area (Å²) in [7, 11) is 0. The van der Waals surface area contributed by atoms with E-state index in [1.807, 2.05) is 0 Å². The maximum absolute atomic E-state index is 12.5. The SMILES string of the molecule is O=C(C(=O)c1ccc(OCOc2ccc(CCc3ccc(O)c(O)c3)cc2O)c(O)c1)c1ccc(O)c(O)c1. The number of ether oxygens (including phenoxy) is 2. The van der Waals surface area contributed by atoms with E-state index in [4.69, 9.17) is 9.47 Å². The van der Waals surface area contributed by atoms with Crippen molar-refractivity contribution < 1.29 is 49.7 Å². The molecule has 39 heavy (non-hydrogen) atoms. The zero-order valence-electron chi connectivity index (χ0n) is 20.4. The fraction of sp³-hybridized carbons (Fsp3) is 0.103. The Morgan fingerprint density at radius 1 is 0.487 bits per heavy atom. The van der Waals surface area contributed by atoms with Crippen molar-refractivity contribution in [2.24, 2.45) is 0 Å². The van der Waals surface area contributed by atoms with E-state index in [0.717, 1.165) is 29.3 Å². The summed E-state index contributed by atoms with van der Waals surface area (Å²) in [6, 6.07) is 16.2. The number of aromatic hydroxyl groups is 6. The fourth-order valence-electron chi connectivity index (χ4n) is 3.72. The second kappa shape index (κ2) is 11.3. The van der Waals surface area contributed by atoms with Crippen LogP contribution < -0.4 is 9.47 Å². The number of benzene rings is 4. The third-order valence-electron chi connectivity index (χ3n) is 5.86. The third kappa shape index (κ3) is 6.31. The van der Waals surface area contributed by atoms with Crippen LogP contribution in [0.15, 0.2) is 72.8 Å². The first kappa shape index (κ1) is 26.7. The molecule has 200 valence electrons. The van der Waals surface area contributed by atoms with Crippen molar-refractivity contribution in [3.05, 3.63) is 95.1 Å². The highest BCUT2D eigenvalue weighted by Crippen LogP contribution is 2.31. The molecule has 0 saturated heterocycles. The molecule has 0 aliphatic carbocycles. The predicted molar refractivity (Wildman–Crippen MR) is 138 cm³/mol. The lowest BCUT2D eigenvalue weighted by Crippen LogP contribution is -2.14. The van der Waals surface area contributed by atoms with Gasteiger partial charge in [-0.25, -0.2) is 0 Å². The zero-order chi connectivity index (χ0) is 28.1. The minimum atomic E-state index is -0.943. The van der Waals surface area contributed by atoms with Crippen molar-refractivity contribution in [3.8, 4) is 46.0 Å². The molecule has 0 amide bonds. The number of phenolic OH excluding ortho intramolecular Hbond substituents is 6. The van der Waals surface area contributed by atoms with Gasteiger partial charge in [0.1, 0.15) is 0 Å². The lowest BCUT2D eigenvalue weighted by atomic mass is 10.0. The van der Waals surface area contributed by atoms with Crippen LogP contribution in [0, 0.1) is 0 Å². The van der Waals surface area contributed by atoms with Crippen LogP contribution in [0.4, 0.5) is 0 Å². The maximum Gasteiger partial charge on any atom is 0.233 e. The normalized spacial score (nSPS) is 10.7. The van der Waals surface area contributed by atoms with Crippen molar-refractivity contribution in [2.45, 2.75) is 12.8 Å². The Kier molecular flexibility index (Phi) is 7.76. The van der Waals surface area contributed by atoms with E-state index in [1.165, 1.54) is 36.4 Å². The molecule has 10 nitrogen and oxygen atoms in total. The molecule has 0 bridgehead atoms. The lowest BCUT2D eigenvalue weighted by molar-refractivity contribution is 0.0816. The molecule has 0 saturated carbocycles. The van der Waals surface area contributed by atoms with E-state index >= 15 is 0 Å². The number of aryl methyl sites for hydroxylation is 2. The summed E-state index contributed by atoms with van der Waals surface area (Å²) in [6.45, 7) is -0.383. The second-order valence-corrected chi connectivity index (χ2v) is 8.58. The molecule has 6 N–H and O–H groups in total. The van der Waals surface area contributed by atoms with E-state index < -0.39 is 28.8 Å². The topological polar surface area (TPSA) is 174 Å². The van der Waals surface area contributed by atoms with Crippen LogP contribution >= 0.6 is 0 Å². The Labute approximate surface area is 222 Å². The standard InChI is InChI=1S/C29H24O10/c30-20-7-3-16(11-22(20)32)1-2-17-4-9-26(24(34)12-17)38-15-39-27-10-6-19(14-25(27)35)29(37)28(36)18-5-8-21(31)23(33)13-18/h3-14,30-35H,1-2,15H2. The highest BCUT2D eigenvalue weighted by Gasteiger charge is 2.21. The Hall–Kier alpha value is -5.38. The Balaban J connectivity index is 1.32. The monoisotopic (exact) mass is 532 g/mol. The van der Waals surface area contributed by atoms with E-state index in [9.17, 15) is 40.2 Å². The molecule has 4 aromatic carbocycles. The summed E-state index contributed by atoms with van der Waals surface area (Å²) in [4.78, 5) is 24.9. The number of phenols is 6. The van der Waals surface area contributed by atoms with E-state index in [0.29, 0.717) is 12.8 Å². The van der Waals surface area contributed by atoms with Crippen molar-refractivity contribution in [1.29, 1.82) is 0 Å². The first-order chi connectivity index (χ1) is 18.6. The van der Waals surface area contributed by atoms with Gasteiger partial charge >= 0.3 is 0 Å². The molecular weight excluding hydrogens is 508 g/mol. The van der Waals surface area contributed by atoms with Crippen LogP contribution in [-0.4, -0.2) is 49.0 Å². The first-order valence-electron chi connectivity index (χ1n) is 11.6. The van der Waals surface area contributed by atoms with Crippen LogP contribution in [-0.2, 0) is 12.8 Å². The van der Waals surface area contributed by atoms with Gasteiger partial charge in [-0.1, -0.05) is 12.1 Å². The number of ketones is 2. The summed E-state index contributed by atoms with van der Waals surface area (Å²) >= 11 is 0. The van der Waals surface area contributed by atoms with E-state index in [2.05, 4.69) is 0 Å². The van der Waals surface area contributed by atoms with E-state index in [-0.39, 0.29) is 46.7 Å². The van der Waals surface area contributed by atoms with Crippen LogP contribution in [0.25, 0.3) is 0 Å². The molecule has 0 aliphatic heterocycles. The van der Waals surface area contributed by atoms with Crippen molar-refractivity contribution in [1.82, 2.24) is 0 Å². The number of hydrogen-bond acceptors (Lipinski definition) is 10. The molecule has 0 heterocycles. The Morgan fingerprint density at radius 3 is 1.41 bits per heavy atom. The molecule has 0 fully saturated rings. The molecule has 0 atom stereocenters. The van der Waals surface area contributed by atoms with Crippen molar-refractivity contribution in [2.75, 3.05) is 6.79 Å². The smallest absolute Gasteiger partial charge is 0.233 e. The average molecular weight is 533 g/mol. The van der Waals surface area contributed by atoms with Gasteiger partial charge in [0.2, 0.25) is 18.4 Å². The lowest BCUT2D eigenvalue weighted by Gasteiger charge is -2.12. The summed E-state index contributed by atoms with van der Waals surface area (Å²) in [5.74, 6) is -3.71. The molecule has 0 spiro atoms. The number of rotatable bonds is 10. The van der Waals surface area contributed by atoms with Crippen molar-refractivity contribution in [3.63, 3.8) is 0 Å². The molecule has 0 unspecified atom stereocenters. The maximum atomic E-state index is 12.5. The quantitative estimate of drug-likeness (QED) is 0.0752. The molecule has 0 aliphatic rings. The molecular formula is C29H24O10. The van der Waals surface area contributed by atoms with Gasteiger partial charge in [0, 0.05) is 11.1 Å². The molecule has 0 aromatic heterocycles. The summed E-state index contributed by atoms with van der Waals surface area (Å²) < 4.78 is 10.8. The number of hydrogen-bond donors (Lipinski definition) is 6. The highest BCUT2D eigenvalue weighted by molar-refractivity contribution is 6.49. The van der Waals surface area contributed by atoms with Gasteiger partial charge in [-0.2, -0.15) is 0 Å². The number of carbonyl (C=O) groups is 2. The van der Waals surface area contributed by atoms with Gasteiger partial charge < -0.3 is 40.1 Å². The summed E-state index contributed by atoms with van der Waals surface area (Å²) in [5, 5.41) is 58.5. The third-order valence-corrected chi connectivity index (χ3v) is 5.86. The van der Waals surface area contributed by atoms with Gasteiger partial charge in [-0.3, -0.25) is 9.59 Å². The zero-order valence-corrected chi connectivity index (χ0v) is 20.4. The van der Waals surface area contributed by atoms with Gasteiger partial charge in [0.05, 0.1) is 0 Å². The largest absolute Gasteiger partial charge is 0.504 e. The predicted octanol–water partition coefficient (Wildman–Crippen LogP) is 4.19. The van der Waals surface area contributed by atoms with Crippen LogP contribution in [0.5, 0.6) is 46.0 Å². The first-order valence-corrected chi connectivity index (χ1v) is 11.6. The van der Waals surface area contributed by atoms with Crippen LogP contribution in [0.2, 0.25) is 0 Å². The molecule has 4 aromatic rings. The van der Waals surface area contributed by atoms with Gasteiger partial charge in [-0.05, 0) is 84.6 Å². The Bertz CT molecular complexity index is 1540. The average Bonchev–Trinajstić information content (AvgIpc) is 2.92. The minimum absolute atomic E-state index is 0.0328. The highest BCUT2D eigenvalue weighted by atomic mass is 16.7. The van der Waals surface area contributed by atoms with Crippen molar-refractivity contribution >= 4 is 11.6 Å². The number of carbonyl (C=O) groups excluding carboxylic acids is 2.